The third kappa shape index (κ3) is 3.12. The molecule has 0 bridgehead atoms. The van der Waals surface area contributed by atoms with Gasteiger partial charge in [0.05, 0.1) is 16.9 Å². The maximum absolute atomic E-state index is 12.9. The Hall–Kier alpha value is -2.18. The van der Waals surface area contributed by atoms with E-state index in [1.165, 1.54) is 12.1 Å². The molecule has 7 heteroatoms. The van der Waals surface area contributed by atoms with Crippen molar-refractivity contribution in [2.24, 2.45) is 0 Å². The Kier molecular flexibility index (Phi) is 4.11. The van der Waals surface area contributed by atoms with Crippen LogP contribution in [0.4, 0.5) is 24.7 Å². The number of aromatic nitrogens is 2. The minimum absolute atomic E-state index is 0.0328. The van der Waals surface area contributed by atoms with Gasteiger partial charge in [0.1, 0.15) is 5.82 Å². The summed E-state index contributed by atoms with van der Waals surface area (Å²) < 4.78 is 40.4. The number of rotatable bonds is 4. The van der Waals surface area contributed by atoms with Crippen molar-refractivity contribution in [1.29, 1.82) is 0 Å². The number of aryl methyl sites for hydroxylation is 2. The van der Waals surface area contributed by atoms with Crippen LogP contribution in [0.3, 0.4) is 0 Å². The van der Waals surface area contributed by atoms with Crippen LogP contribution in [-0.4, -0.2) is 9.78 Å². The molecule has 0 aliphatic rings. The standard InChI is InChI=1S/C14H17F3N4/c1-3-21-13(12(18)9(2)20-21)19-8-10-6-4-5-7-11(10)14(15,16)17/h4-7,19H,3,8,18H2,1-2H3. The van der Waals surface area contributed by atoms with Crippen LogP contribution in [0.5, 0.6) is 0 Å². The molecule has 0 spiro atoms. The average molecular weight is 298 g/mol. The van der Waals surface area contributed by atoms with E-state index in [1.54, 1.807) is 17.7 Å². The Morgan fingerprint density at radius 3 is 2.57 bits per heavy atom. The molecule has 1 heterocycles. The zero-order valence-electron chi connectivity index (χ0n) is 11.8. The third-order valence-corrected chi connectivity index (χ3v) is 3.24. The summed E-state index contributed by atoms with van der Waals surface area (Å²) in [6, 6.07) is 5.48. The highest BCUT2D eigenvalue weighted by Crippen LogP contribution is 2.32. The van der Waals surface area contributed by atoms with Gasteiger partial charge in [-0.2, -0.15) is 18.3 Å². The van der Waals surface area contributed by atoms with Crippen LogP contribution in [-0.2, 0) is 19.3 Å². The van der Waals surface area contributed by atoms with Crippen molar-refractivity contribution in [3.05, 3.63) is 41.1 Å². The number of hydrogen-bond donors (Lipinski definition) is 2. The topological polar surface area (TPSA) is 55.9 Å². The summed E-state index contributed by atoms with van der Waals surface area (Å²) in [5.41, 5.74) is 6.54. The summed E-state index contributed by atoms with van der Waals surface area (Å²) in [6.07, 6.45) is -4.37. The Bertz CT molecular complexity index is 632. The van der Waals surface area contributed by atoms with Gasteiger partial charge < -0.3 is 11.1 Å². The van der Waals surface area contributed by atoms with E-state index in [0.29, 0.717) is 23.7 Å². The van der Waals surface area contributed by atoms with E-state index in [-0.39, 0.29) is 12.1 Å². The smallest absolute Gasteiger partial charge is 0.394 e. The molecular formula is C14H17F3N4. The predicted molar refractivity (Wildman–Crippen MR) is 75.8 cm³/mol. The van der Waals surface area contributed by atoms with Crippen molar-refractivity contribution in [3.8, 4) is 0 Å². The fourth-order valence-corrected chi connectivity index (χ4v) is 2.14. The summed E-state index contributed by atoms with van der Waals surface area (Å²) in [6.45, 7) is 4.27. The third-order valence-electron chi connectivity index (χ3n) is 3.24. The summed E-state index contributed by atoms with van der Waals surface area (Å²) in [7, 11) is 0. The van der Waals surface area contributed by atoms with Crippen LogP contribution >= 0.6 is 0 Å². The van der Waals surface area contributed by atoms with E-state index in [1.807, 2.05) is 6.92 Å². The first-order valence-corrected chi connectivity index (χ1v) is 6.56. The molecule has 3 N–H and O–H groups in total. The molecule has 0 saturated heterocycles. The van der Waals surface area contributed by atoms with E-state index in [9.17, 15) is 13.2 Å². The molecule has 0 aliphatic heterocycles. The molecule has 2 rings (SSSR count). The van der Waals surface area contributed by atoms with Crippen LogP contribution in [0, 0.1) is 6.92 Å². The molecule has 1 aromatic heterocycles. The lowest BCUT2D eigenvalue weighted by atomic mass is 10.1. The SMILES string of the molecule is CCn1nc(C)c(N)c1NCc1ccccc1C(F)(F)F. The van der Waals surface area contributed by atoms with Gasteiger partial charge in [0.25, 0.3) is 0 Å². The molecule has 21 heavy (non-hydrogen) atoms. The van der Waals surface area contributed by atoms with Crippen molar-refractivity contribution < 1.29 is 13.2 Å². The van der Waals surface area contributed by atoms with E-state index in [2.05, 4.69) is 10.4 Å². The molecular weight excluding hydrogens is 281 g/mol. The second-order valence-electron chi connectivity index (χ2n) is 4.67. The number of halogens is 3. The molecule has 4 nitrogen and oxygen atoms in total. The minimum Gasteiger partial charge on any atom is -0.394 e. The monoisotopic (exact) mass is 298 g/mol. The molecule has 0 fully saturated rings. The number of nitrogen functional groups attached to an aromatic ring is 1. The highest BCUT2D eigenvalue weighted by atomic mass is 19.4. The predicted octanol–water partition coefficient (Wildman–Crippen LogP) is 3.42. The van der Waals surface area contributed by atoms with Gasteiger partial charge in [-0.05, 0) is 25.5 Å². The molecule has 0 amide bonds. The molecule has 0 unspecified atom stereocenters. The normalized spacial score (nSPS) is 11.7. The van der Waals surface area contributed by atoms with Crippen LogP contribution in [0.15, 0.2) is 24.3 Å². The average Bonchev–Trinajstić information content (AvgIpc) is 2.71. The lowest BCUT2D eigenvalue weighted by molar-refractivity contribution is -0.138. The highest BCUT2D eigenvalue weighted by Gasteiger charge is 2.32. The Balaban J connectivity index is 2.26. The fourth-order valence-electron chi connectivity index (χ4n) is 2.14. The number of nitrogens with two attached hydrogens (primary N) is 1. The molecule has 0 radical (unpaired) electrons. The highest BCUT2D eigenvalue weighted by molar-refractivity contribution is 5.64. The van der Waals surface area contributed by atoms with Crippen LogP contribution in [0.1, 0.15) is 23.7 Å². The quantitative estimate of drug-likeness (QED) is 0.909. The second kappa shape index (κ2) is 5.67. The molecule has 2 aromatic rings. The lowest BCUT2D eigenvalue weighted by Gasteiger charge is -2.14. The number of anilines is 2. The Labute approximate surface area is 120 Å². The largest absolute Gasteiger partial charge is 0.416 e. The summed E-state index contributed by atoms with van der Waals surface area (Å²) in [5.74, 6) is 0.548. The van der Waals surface area contributed by atoms with Crippen LogP contribution in [0.25, 0.3) is 0 Å². The molecule has 114 valence electrons. The van der Waals surface area contributed by atoms with Gasteiger partial charge in [0.15, 0.2) is 0 Å². The number of hydrogen-bond acceptors (Lipinski definition) is 3. The zero-order valence-corrected chi connectivity index (χ0v) is 11.8. The van der Waals surface area contributed by atoms with Crippen molar-refractivity contribution >= 4 is 11.5 Å². The van der Waals surface area contributed by atoms with Crippen molar-refractivity contribution in [3.63, 3.8) is 0 Å². The molecule has 0 atom stereocenters. The Morgan fingerprint density at radius 2 is 1.95 bits per heavy atom. The van der Waals surface area contributed by atoms with E-state index in [0.717, 1.165) is 6.07 Å². The summed E-state index contributed by atoms with van der Waals surface area (Å²) in [5, 5.41) is 7.18. The Morgan fingerprint density at radius 1 is 1.29 bits per heavy atom. The van der Waals surface area contributed by atoms with E-state index in [4.69, 9.17) is 5.73 Å². The van der Waals surface area contributed by atoms with E-state index >= 15 is 0 Å². The first-order valence-electron chi connectivity index (χ1n) is 6.56. The maximum Gasteiger partial charge on any atom is 0.416 e. The van der Waals surface area contributed by atoms with Gasteiger partial charge in [-0.3, -0.25) is 0 Å². The first-order chi connectivity index (χ1) is 9.84. The van der Waals surface area contributed by atoms with Gasteiger partial charge >= 0.3 is 6.18 Å². The van der Waals surface area contributed by atoms with Crippen molar-refractivity contribution in [2.45, 2.75) is 33.1 Å². The van der Waals surface area contributed by atoms with Gasteiger partial charge in [0, 0.05) is 13.1 Å². The first kappa shape index (κ1) is 15.2. The molecule has 1 aromatic carbocycles. The minimum atomic E-state index is -4.37. The van der Waals surface area contributed by atoms with Gasteiger partial charge in [0.2, 0.25) is 0 Å². The van der Waals surface area contributed by atoms with Crippen molar-refractivity contribution in [1.82, 2.24) is 9.78 Å². The fraction of sp³-hybridized carbons (Fsp3) is 0.357. The number of alkyl halides is 3. The zero-order chi connectivity index (χ0) is 15.6. The maximum atomic E-state index is 12.9. The number of benzene rings is 1. The number of nitrogens with one attached hydrogen (secondary N) is 1. The lowest BCUT2D eigenvalue weighted by Crippen LogP contribution is -2.13. The summed E-state index contributed by atoms with van der Waals surface area (Å²) in [4.78, 5) is 0. The van der Waals surface area contributed by atoms with Gasteiger partial charge in [-0.1, -0.05) is 18.2 Å². The van der Waals surface area contributed by atoms with Gasteiger partial charge in [-0.15, -0.1) is 0 Å². The van der Waals surface area contributed by atoms with Gasteiger partial charge in [-0.25, -0.2) is 4.68 Å². The van der Waals surface area contributed by atoms with E-state index < -0.39 is 11.7 Å². The van der Waals surface area contributed by atoms with Crippen molar-refractivity contribution in [2.75, 3.05) is 11.1 Å². The van der Waals surface area contributed by atoms with Crippen LogP contribution in [0.2, 0.25) is 0 Å². The molecule has 0 saturated carbocycles. The second-order valence-corrected chi connectivity index (χ2v) is 4.67. The number of nitrogens with zero attached hydrogens (tertiary/aromatic N) is 2. The van der Waals surface area contributed by atoms with Crippen LogP contribution < -0.4 is 11.1 Å². The molecule has 0 aliphatic carbocycles. The summed E-state index contributed by atoms with van der Waals surface area (Å²) >= 11 is 0.